The summed E-state index contributed by atoms with van der Waals surface area (Å²) in [7, 11) is 0. The van der Waals surface area contributed by atoms with Crippen molar-refractivity contribution in [1.82, 2.24) is 0 Å². The molecule has 0 radical (unpaired) electrons. The van der Waals surface area contributed by atoms with Gasteiger partial charge in [0.2, 0.25) is 0 Å². The fourth-order valence-corrected chi connectivity index (χ4v) is 0.847. The highest BCUT2D eigenvalue weighted by Crippen LogP contribution is 2.22. The number of aliphatic hydroxyl groups is 1. The Labute approximate surface area is 86.5 Å². The molecule has 1 N–H and O–H groups in total. The zero-order valence-electron chi connectivity index (χ0n) is 10.0. The number of esters is 1. The standard InChI is InChI=1S/C11H22O3/c1-10(2,3)8(12)7-9(13)14-11(4,5)6/h8,12H,7H2,1-6H3. The molecule has 1 unspecified atom stereocenters. The summed E-state index contributed by atoms with van der Waals surface area (Å²) in [5.41, 5.74) is -0.758. The van der Waals surface area contributed by atoms with E-state index in [2.05, 4.69) is 0 Å². The summed E-state index contributed by atoms with van der Waals surface area (Å²) in [6.07, 6.45) is -0.599. The molecular weight excluding hydrogens is 180 g/mol. The highest BCUT2D eigenvalue weighted by Gasteiger charge is 2.27. The molecule has 0 aromatic rings. The monoisotopic (exact) mass is 202 g/mol. The Kier molecular flexibility index (Phi) is 4.13. The van der Waals surface area contributed by atoms with Gasteiger partial charge in [-0.15, -0.1) is 0 Å². The van der Waals surface area contributed by atoms with E-state index >= 15 is 0 Å². The van der Waals surface area contributed by atoms with Gasteiger partial charge < -0.3 is 9.84 Å². The molecule has 0 aliphatic heterocycles. The van der Waals surface area contributed by atoms with E-state index in [4.69, 9.17) is 4.74 Å². The molecule has 0 spiro atoms. The Morgan fingerprint density at radius 2 is 1.64 bits per heavy atom. The molecule has 0 aromatic carbocycles. The molecule has 3 heteroatoms. The fourth-order valence-electron chi connectivity index (χ4n) is 0.847. The Balaban J connectivity index is 4.09. The largest absolute Gasteiger partial charge is 0.460 e. The topological polar surface area (TPSA) is 46.5 Å². The fraction of sp³-hybridized carbons (Fsp3) is 0.909. The predicted molar refractivity (Wildman–Crippen MR) is 55.9 cm³/mol. The number of rotatable bonds is 2. The summed E-state index contributed by atoms with van der Waals surface area (Å²) in [5.74, 6) is -0.347. The third-order valence-corrected chi connectivity index (χ3v) is 1.78. The van der Waals surface area contributed by atoms with Crippen LogP contribution < -0.4 is 0 Å². The van der Waals surface area contributed by atoms with E-state index in [9.17, 15) is 9.90 Å². The van der Waals surface area contributed by atoms with Gasteiger partial charge in [0.05, 0.1) is 12.5 Å². The van der Waals surface area contributed by atoms with Crippen LogP contribution >= 0.6 is 0 Å². The Morgan fingerprint density at radius 3 is 1.93 bits per heavy atom. The minimum atomic E-state index is -0.655. The highest BCUT2D eigenvalue weighted by molar-refractivity contribution is 5.70. The van der Waals surface area contributed by atoms with Gasteiger partial charge in [0, 0.05) is 0 Å². The van der Waals surface area contributed by atoms with Crippen molar-refractivity contribution in [2.45, 2.75) is 59.7 Å². The average Bonchev–Trinajstić information content (AvgIpc) is 1.79. The van der Waals surface area contributed by atoms with E-state index in [-0.39, 0.29) is 17.8 Å². The minimum Gasteiger partial charge on any atom is -0.460 e. The summed E-state index contributed by atoms with van der Waals surface area (Å²) in [4.78, 5) is 11.3. The SMILES string of the molecule is CC(C)(C)OC(=O)CC(O)C(C)(C)C. The third-order valence-electron chi connectivity index (χ3n) is 1.78. The van der Waals surface area contributed by atoms with Gasteiger partial charge in [0.25, 0.3) is 0 Å². The summed E-state index contributed by atoms with van der Waals surface area (Å²) in [5, 5.41) is 9.65. The first-order chi connectivity index (χ1) is 6.02. The quantitative estimate of drug-likeness (QED) is 0.698. The number of ether oxygens (including phenoxy) is 1. The van der Waals surface area contributed by atoms with E-state index < -0.39 is 11.7 Å². The number of aliphatic hydroxyl groups excluding tert-OH is 1. The van der Waals surface area contributed by atoms with Gasteiger partial charge >= 0.3 is 5.97 Å². The van der Waals surface area contributed by atoms with Crippen LogP contribution in [0.5, 0.6) is 0 Å². The van der Waals surface area contributed by atoms with Crippen molar-refractivity contribution < 1.29 is 14.6 Å². The number of carbonyl (C=O) groups excluding carboxylic acids is 1. The number of hydrogen-bond acceptors (Lipinski definition) is 3. The van der Waals surface area contributed by atoms with Crippen LogP contribution in [0.2, 0.25) is 0 Å². The molecule has 0 saturated heterocycles. The van der Waals surface area contributed by atoms with E-state index in [1.165, 1.54) is 0 Å². The lowest BCUT2D eigenvalue weighted by molar-refractivity contribution is -0.158. The number of carbonyl (C=O) groups is 1. The second-order valence-corrected chi connectivity index (χ2v) is 5.67. The van der Waals surface area contributed by atoms with Gasteiger partial charge in [0.1, 0.15) is 5.60 Å². The lowest BCUT2D eigenvalue weighted by atomic mass is 9.87. The van der Waals surface area contributed by atoms with Crippen molar-refractivity contribution in [2.24, 2.45) is 5.41 Å². The molecule has 0 aliphatic rings. The summed E-state index contributed by atoms with van der Waals surface area (Å²) in [6.45, 7) is 11.1. The van der Waals surface area contributed by atoms with Crippen LogP contribution in [-0.2, 0) is 9.53 Å². The van der Waals surface area contributed by atoms with Gasteiger partial charge in [-0.2, -0.15) is 0 Å². The summed E-state index contributed by atoms with van der Waals surface area (Å²) < 4.78 is 5.10. The van der Waals surface area contributed by atoms with Crippen molar-refractivity contribution in [3.63, 3.8) is 0 Å². The number of hydrogen-bond donors (Lipinski definition) is 1. The second-order valence-electron chi connectivity index (χ2n) is 5.67. The lowest BCUT2D eigenvalue weighted by Gasteiger charge is -2.27. The van der Waals surface area contributed by atoms with Crippen LogP contribution in [0.4, 0.5) is 0 Å². The molecule has 0 heterocycles. The zero-order chi connectivity index (χ0) is 11.6. The molecule has 84 valence electrons. The van der Waals surface area contributed by atoms with Crippen molar-refractivity contribution in [2.75, 3.05) is 0 Å². The molecule has 0 rings (SSSR count). The van der Waals surface area contributed by atoms with Crippen molar-refractivity contribution in [1.29, 1.82) is 0 Å². The first kappa shape index (κ1) is 13.4. The maximum absolute atomic E-state index is 11.3. The van der Waals surface area contributed by atoms with E-state index in [1.807, 2.05) is 41.5 Å². The van der Waals surface area contributed by atoms with E-state index in [0.717, 1.165) is 0 Å². The van der Waals surface area contributed by atoms with Gasteiger partial charge in [-0.1, -0.05) is 20.8 Å². The molecule has 0 aliphatic carbocycles. The Bertz CT molecular complexity index is 196. The van der Waals surface area contributed by atoms with E-state index in [1.54, 1.807) is 0 Å². The zero-order valence-corrected chi connectivity index (χ0v) is 10.0. The maximum Gasteiger partial charge on any atom is 0.308 e. The first-order valence-electron chi connectivity index (χ1n) is 4.92. The van der Waals surface area contributed by atoms with Gasteiger partial charge in [-0.25, -0.2) is 0 Å². The van der Waals surface area contributed by atoms with Crippen LogP contribution in [0.25, 0.3) is 0 Å². The summed E-state index contributed by atoms with van der Waals surface area (Å²) >= 11 is 0. The second kappa shape index (κ2) is 4.30. The molecule has 0 amide bonds. The minimum absolute atomic E-state index is 0.0563. The van der Waals surface area contributed by atoms with Crippen LogP contribution in [0.3, 0.4) is 0 Å². The van der Waals surface area contributed by atoms with Crippen molar-refractivity contribution in [3.8, 4) is 0 Å². The van der Waals surface area contributed by atoms with E-state index in [0.29, 0.717) is 0 Å². The molecule has 0 fully saturated rings. The van der Waals surface area contributed by atoms with Crippen LogP contribution in [0, 0.1) is 5.41 Å². The van der Waals surface area contributed by atoms with Crippen LogP contribution in [0.1, 0.15) is 48.0 Å². The molecular formula is C11H22O3. The van der Waals surface area contributed by atoms with Crippen molar-refractivity contribution in [3.05, 3.63) is 0 Å². The van der Waals surface area contributed by atoms with Gasteiger partial charge in [-0.3, -0.25) is 4.79 Å². The molecule has 3 nitrogen and oxygen atoms in total. The first-order valence-corrected chi connectivity index (χ1v) is 4.92. The molecule has 0 aromatic heterocycles. The lowest BCUT2D eigenvalue weighted by Crippen LogP contribution is -2.32. The van der Waals surface area contributed by atoms with Gasteiger partial charge in [-0.05, 0) is 26.2 Å². The average molecular weight is 202 g/mol. The normalized spacial score (nSPS) is 15.1. The maximum atomic E-state index is 11.3. The van der Waals surface area contributed by atoms with Crippen LogP contribution in [0.15, 0.2) is 0 Å². The van der Waals surface area contributed by atoms with Crippen LogP contribution in [-0.4, -0.2) is 22.8 Å². The van der Waals surface area contributed by atoms with Gasteiger partial charge in [0.15, 0.2) is 0 Å². The Hall–Kier alpha value is -0.570. The molecule has 0 bridgehead atoms. The predicted octanol–water partition coefficient (Wildman–Crippen LogP) is 2.13. The molecule has 1 atom stereocenters. The Morgan fingerprint density at radius 1 is 1.21 bits per heavy atom. The highest BCUT2D eigenvalue weighted by atomic mass is 16.6. The summed E-state index contributed by atoms with van der Waals surface area (Å²) in [6, 6.07) is 0. The smallest absolute Gasteiger partial charge is 0.308 e. The third kappa shape index (κ3) is 5.97. The molecule has 14 heavy (non-hydrogen) atoms. The molecule has 0 saturated carbocycles. The van der Waals surface area contributed by atoms with Crippen molar-refractivity contribution >= 4 is 5.97 Å².